The molecular formula is C19H38N4OS. The van der Waals surface area contributed by atoms with Gasteiger partial charge in [-0.3, -0.25) is 4.79 Å². The summed E-state index contributed by atoms with van der Waals surface area (Å²) in [5.41, 5.74) is 0. The largest absolute Gasteiger partial charge is 0.356 e. The van der Waals surface area contributed by atoms with E-state index in [0.717, 1.165) is 18.9 Å². The van der Waals surface area contributed by atoms with Crippen LogP contribution in [0, 0.1) is 5.92 Å². The molecule has 0 aromatic heterocycles. The molecule has 2 N–H and O–H groups in total. The first kappa shape index (κ1) is 22.1. The highest BCUT2D eigenvalue weighted by Gasteiger charge is 2.22. The van der Waals surface area contributed by atoms with Gasteiger partial charge in [-0.25, -0.2) is 4.99 Å². The second kappa shape index (κ2) is 13.3. The number of aliphatic imine (C=N–C) groups is 1. The van der Waals surface area contributed by atoms with Crippen molar-refractivity contribution in [1.82, 2.24) is 15.5 Å². The zero-order chi connectivity index (χ0) is 18.5. The fourth-order valence-electron chi connectivity index (χ4n) is 3.08. The number of rotatable bonds is 10. The van der Waals surface area contributed by atoms with Crippen molar-refractivity contribution < 1.29 is 4.79 Å². The number of unbranched alkanes of at least 4 members (excludes halogenated alkanes) is 3. The van der Waals surface area contributed by atoms with Crippen molar-refractivity contribution in [2.24, 2.45) is 10.9 Å². The normalized spacial score (nSPS) is 21.0. The Balaban J connectivity index is 2.44. The van der Waals surface area contributed by atoms with E-state index in [1.54, 1.807) is 19.0 Å². The molecule has 0 heterocycles. The first-order chi connectivity index (χ1) is 12.0. The molecule has 1 rings (SSSR count). The quantitative estimate of drug-likeness (QED) is 0.352. The van der Waals surface area contributed by atoms with Gasteiger partial charge in [0.2, 0.25) is 5.91 Å². The summed E-state index contributed by atoms with van der Waals surface area (Å²) in [7, 11) is 3.55. The average molecular weight is 371 g/mol. The number of amides is 1. The molecule has 0 aromatic carbocycles. The maximum Gasteiger partial charge on any atom is 0.243 e. The highest BCUT2D eigenvalue weighted by atomic mass is 32.2. The van der Waals surface area contributed by atoms with Crippen molar-refractivity contribution in [2.75, 3.05) is 39.2 Å². The molecule has 1 saturated carbocycles. The van der Waals surface area contributed by atoms with Gasteiger partial charge in [0.05, 0.1) is 0 Å². The highest BCUT2D eigenvalue weighted by Crippen LogP contribution is 2.23. The summed E-state index contributed by atoms with van der Waals surface area (Å²) in [5.74, 6) is 2.76. The van der Waals surface area contributed by atoms with Gasteiger partial charge < -0.3 is 15.5 Å². The van der Waals surface area contributed by atoms with Gasteiger partial charge in [-0.1, -0.05) is 32.6 Å². The number of hydrogen-bond acceptors (Lipinski definition) is 3. The third-order valence-corrected chi connectivity index (χ3v) is 5.57. The van der Waals surface area contributed by atoms with Crippen LogP contribution in [0.15, 0.2) is 4.99 Å². The van der Waals surface area contributed by atoms with E-state index in [1.807, 2.05) is 11.8 Å². The Morgan fingerprint density at radius 2 is 1.88 bits per heavy atom. The minimum Gasteiger partial charge on any atom is -0.356 e. The number of likely N-dealkylation sites (N-methyl/N-ethyl adjacent to an activating group) is 1. The standard InChI is InChI=1S/C19H38N4OS/c1-16-11-7-8-12-17(16)22-19(21-15-18(24)23(2)3)20-13-9-5-6-10-14-25-4/h16-17H,5-15H2,1-4H3,(H2,20,21,22). The fourth-order valence-corrected chi connectivity index (χ4v) is 3.57. The van der Waals surface area contributed by atoms with Crippen LogP contribution in [-0.4, -0.2) is 62.0 Å². The van der Waals surface area contributed by atoms with Crippen LogP contribution in [0.4, 0.5) is 0 Å². The average Bonchev–Trinajstić information content (AvgIpc) is 2.59. The molecule has 5 nitrogen and oxygen atoms in total. The molecule has 0 aromatic rings. The lowest BCUT2D eigenvalue weighted by Gasteiger charge is -2.31. The lowest BCUT2D eigenvalue weighted by molar-refractivity contribution is -0.127. The van der Waals surface area contributed by atoms with Crippen LogP contribution in [0.2, 0.25) is 0 Å². The molecule has 25 heavy (non-hydrogen) atoms. The number of guanidine groups is 1. The van der Waals surface area contributed by atoms with E-state index >= 15 is 0 Å². The van der Waals surface area contributed by atoms with Gasteiger partial charge in [-0.05, 0) is 43.6 Å². The van der Waals surface area contributed by atoms with E-state index in [4.69, 9.17) is 0 Å². The molecule has 0 saturated heterocycles. The van der Waals surface area contributed by atoms with Crippen LogP contribution in [0.1, 0.15) is 58.3 Å². The molecule has 1 amide bonds. The third kappa shape index (κ3) is 9.97. The van der Waals surface area contributed by atoms with E-state index in [1.165, 1.54) is 50.7 Å². The maximum atomic E-state index is 11.8. The third-order valence-electron chi connectivity index (χ3n) is 4.87. The summed E-state index contributed by atoms with van der Waals surface area (Å²) >= 11 is 1.92. The minimum atomic E-state index is 0.0369. The van der Waals surface area contributed by atoms with Gasteiger partial charge >= 0.3 is 0 Å². The fraction of sp³-hybridized carbons (Fsp3) is 0.895. The zero-order valence-corrected chi connectivity index (χ0v) is 17.5. The van der Waals surface area contributed by atoms with E-state index < -0.39 is 0 Å². The summed E-state index contributed by atoms with van der Waals surface area (Å²) in [4.78, 5) is 18.0. The zero-order valence-electron chi connectivity index (χ0n) is 16.6. The van der Waals surface area contributed by atoms with Crippen molar-refractivity contribution >= 4 is 23.6 Å². The Kier molecular flexibility index (Phi) is 11.8. The molecule has 1 fully saturated rings. The predicted octanol–water partition coefficient (Wildman–Crippen LogP) is 3.11. The van der Waals surface area contributed by atoms with E-state index in [2.05, 4.69) is 28.8 Å². The Morgan fingerprint density at radius 1 is 1.16 bits per heavy atom. The van der Waals surface area contributed by atoms with Gasteiger partial charge in [0.1, 0.15) is 6.54 Å². The monoisotopic (exact) mass is 370 g/mol. The van der Waals surface area contributed by atoms with E-state index in [0.29, 0.717) is 12.0 Å². The minimum absolute atomic E-state index is 0.0369. The molecule has 0 spiro atoms. The van der Waals surface area contributed by atoms with Gasteiger partial charge in [0.25, 0.3) is 0 Å². The second-order valence-electron chi connectivity index (χ2n) is 7.30. The van der Waals surface area contributed by atoms with E-state index in [-0.39, 0.29) is 12.5 Å². The Hall–Kier alpha value is -0.910. The topological polar surface area (TPSA) is 56.7 Å². The SMILES string of the molecule is CSCCCCCCNC(=NCC(=O)N(C)C)NC1CCCCC1C. The van der Waals surface area contributed by atoms with E-state index in [9.17, 15) is 4.79 Å². The van der Waals surface area contributed by atoms with Crippen LogP contribution in [-0.2, 0) is 4.79 Å². The van der Waals surface area contributed by atoms with Gasteiger partial charge in [0.15, 0.2) is 5.96 Å². The smallest absolute Gasteiger partial charge is 0.243 e. The predicted molar refractivity (Wildman–Crippen MR) is 110 cm³/mol. The highest BCUT2D eigenvalue weighted by molar-refractivity contribution is 7.98. The van der Waals surface area contributed by atoms with Crippen molar-refractivity contribution in [2.45, 2.75) is 64.3 Å². The summed E-state index contributed by atoms with van der Waals surface area (Å²) in [6.07, 6.45) is 12.2. The van der Waals surface area contributed by atoms with Gasteiger partial charge in [-0.2, -0.15) is 11.8 Å². The number of nitrogens with one attached hydrogen (secondary N) is 2. The van der Waals surface area contributed by atoms with Crippen molar-refractivity contribution in [3.05, 3.63) is 0 Å². The number of carbonyl (C=O) groups is 1. The Morgan fingerprint density at radius 3 is 2.56 bits per heavy atom. The summed E-state index contributed by atoms with van der Waals surface area (Å²) < 4.78 is 0. The number of thioether (sulfide) groups is 1. The molecule has 1 aliphatic carbocycles. The summed E-state index contributed by atoms with van der Waals surface area (Å²) in [6, 6.07) is 0.469. The van der Waals surface area contributed by atoms with Crippen molar-refractivity contribution in [3.63, 3.8) is 0 Å². The van der Waals surface area contributed by atoms with Crippen LogP contribution < -0.4 is 10.6 Å². The first-order valence-electron chi connectivity index (χ1n) is 9.78. The molecule has 0 bridgehead atoms. The molecule has 6 heteroatoms. The van der Waals surface area contributed by atoms with Crippen molar-refractivity contribution in [3.8, 4) is 0 Å². The van der Waals surface area contributed by atoms with Gasteiger partial charge in [0, 0.05) is 26.7 Å². The number of hydrogen-bond donors (Lipinski definition) is 2. The molecule has 146 valence electrons. The number of nitrogens with zero attached hydrogens (tertiary/aromatic N) is 2. The summed E-state index contributed by atoms with van der Waals surface area (Å²) in [6.45, 7) is 3.44. The molecule has 1 aliphatic rings. The van der Waals surface area contributed by atoms with Crippen LogP contribution >= 0.6 is 11.8 Å². The van der Waals surface area contributed by atoms with Crippen LogP contribution in [0.3, 0.4) is 0 Å². The Bertz CT molecular complexity index is 401. The molecular weight excluding hydrogens is 332 g/mol. The van der Waals surface area contributed by atoms with Crippen molar-refractivity contribution in [1.29, 1.82) is 0 Å². The lowest BCUT2D eigenvalue weighted by Crippen LogP contribution is -2.47. The van der Waals surface area contributed by atoms with Crippen LogP contribution in [0.5, 0.6) is 0 Å². The summed E-state index contributed by atoms with van der Waals surface area (Å²) in [5, 5.41) is 7.01. The molecule has 0 aliphatic heterocycles. The van der Waals surface area contributed by atoms with Crippen LogP contribution in [0.25, 0.3) is 0 Å². The second-order valence-corrected chi connectivity index (χ2v) is 8.28. The number of carbonyl (C=O) groups excluding carboxylic acids is 1. The molecule has 2 atom stereocenters. The molecule has 0 radical (unpaired) electrons. The Labute approximate surface area is 158 Å². The first-order valence-corrected chi connectivity index (χ1v) is 11.2. The lowest BCUT2D eigenvalue weighted by atomic mass is 9.86. The maximum absolute atomic E-state index is 11.8. The van der Waals surface area contributed by atoms with Gasteiger partial charge in [-0.15, -0.1) is 0 Å². The molecule has 2 unspecified atom stereocenters.